The molecule has 300 valence electrons. The van der Waals surface area contributed by atoms with Crippen LogP contribution < -0.4 is 16.5 Å². The van der Waals surface area contributed by atoms with Gasteiger partial charge >= 0.3 is 11.9 Å². The molecule has 2 amide bonds. The number of carbonyl (C=O) groups is 4. The van der Waals surface area contributed by atoms with E-state index in [1.807, 2.05) is 23.3 Å². The minimum Gasteiger partial charge on any atom is -0.504 e. The minimum atomic E-state index is -1.81. The zero-order valence-electron chi connectivity index (χ0n) is 30.9. The Morgan fingerprint density at radius 1 is 1.18 bits per heavy atom. The van der Waals surface area contributed by atoms with Crippen LogP contribution in [-0.2, 0) is 30.6 Å². The van der Waals surface area contributed by atoms with Crippen LogP contribution in [0.5, 0.6) is 11.5 Å². The summed E-state index contributed by atoms with van der Waals surface area (Å²) in [5.41, 5.74) is 4.10. The highest BCUT2D eigenvalue weighted by atomic mass is 35.5. The number of nitrogen functional groups attached to an aromatic ring is 1. The third-order valence-electron chi connectivity index (χ3n) is 9.87. The third-order valence-corrected chi connectivity index (χ3v) is 12.4. The van der Waals surface area contributed by atoms with Crippen LogP contribution in [0.2, 0.25) is 5.02 Å². The van der Waals surface area contributed by atoms with E-state index in [1.54, 1.807) is 6.20 Å². The number of nitrogens with zero attached hydrogens (tertiary/aromatic N) is 5. The molecule has 56 heavy (non-hydrogen) atoms. The van der Waals surface area contributed by atoms with Gasteiger partial charge in [0.15, 0.2) is 27.8 Å². The number of halogens is 1. The fourth-order valence-corrected chi connectivity index (χ4v) is 8.87. The molecule has 2 aliphatic heterocycles. The monoisotopic (exact) mass is 831 g/mol. The summed E-state index contributed by atoms with van der Waals surface area (Å²) in [4.78, 5) is 78.2. The Morgan fingerprint density at radius 3 is 2.50 bits per heavy atom. The Morgan fingerprint density at radius 2 is 1.89 bits per heavy atom. The van der Waals surface area contributed by atoms with Gasteiger partial charge in [-0.3, -0.25) is 24.2 Å². The number of unbranched alkanes of at least 4 members (excludes halogenated alkanes) is 2. The Kier molecular flexibility index (Phi) is 11.6. The number of nitrogens with two attached hydrogens (primary N) is 1. The Balaban J connectivity index is 1.29. The molecule has 1 aliphatic carbocycles. The summed E-state index contributed by atoms with van der Waals surface area (Å²) in [6.45, 7) is 7.03. The molecular formula is C36H42ClN7O10S2. The van der Waals surface area contributed by atoms with Crippen molar-refractivity contribution >= 4 is 80.2 Å². The number of hydrogen-bond donors (Lipinski definition) is 6. The molecule has 7 N–H and O–H groups in total. The van der Waals surface area contributed by atoms with E-state index in [2.05, 4.69) is 15.5 Å². The van der Waals surface area contributed by atoms with Crippen molar-refractivity contribution in [1.82, 2.24) is 24.7 Å². The lowest BCUT2D eigenvalue weighted by Crippen LogP contribution is -2.71. The van der Waals surface area contributed by atoms with Crippen LogP contribution >= 0.6 is 34.7 Å². The number of fused-ring (bicyclic) bond motifs is 2. The number of aromatic hydroxyl groups is 2. The molecule has 3 aliphatic rings. The number of aromatic nitrogens is 2. The second-order valence-electron chi connectivity index (χ2n) is 14.4. The largest absolute Gasteiger partial charge is 0.504 e. The molecule has 6 rings (SSSR count). The van der Waals surface area contributed by atoms with Crippen LogP contribution in [0.1, 0.15) is 77.1 Å². The van der Waals surface area contributed by atoms with Crippen molar-refractivity contribution in [3.05, 3.63) is 55.4 Å². The van der Waals surface area contributed by atoms with Crippen molar-refractivity contribution in [2.24, 2.45) is 5.16 Å². The lowest BCUT2D eigenvalue weighted by atomic mass is 9.99. The number of carboxylic acids is 2. The Labute approximate surface area is 333 Å². The van der Waals surface area contributed by atoms with Crippen LogP contribution in [0.3, 0.4) is 0 Å². The molecule has 1 saturated heterocycles. The zero-order chi connectivity index (χ0) is 40.8. The van der Waals surface area contributed by atoms with Gasteiger partial charge in [-0.25, -0.2) is 14.6 Å². The van der Waals surface area contributed by atoms with Crippen molar-refractivity contribution in [3.8, 4) is 11.5 Å². The number of nitrogens with one attached hydrogen (secondary N) is 1. The molecule has 20 heteroatoms. The minimum absolute atomic E-state index is 0.0106. The molecule has 3 atom stereocenters. The smallest absolute Gasteiger partial charge is 0.352 e. The number of carboxylic acid groups (broad SMARTS) is 2. The zero-order valence-corrected chi connectivity index (χ0v) is 33.3. The molecule has 1 aromatic carbocycles. The number of pyridine rings is 1. The number of thioether (sulfide) groups is 1. The first-order valence-corrected chi connectivity index (χ1v) is 20.1. The van der Waals surface area contributed by atoms with E-state index in [1.165, 1.54) is 37.1 Å². The molecule has 17 nitrogen and oxygen atoms in total. The van der Waals surface area contributed by atoms with Gasteiger partial charge in [-0.2, -0.15) is 0 Å². The van der Waals surface area contributed by atoms with Crippen molar-refractivity contribution in [2.45, 2.75) is 94.7 Å². The number of anilines is 1. The highest BCUT2D eigenvalue weighted by molar-refractivity contribution is 8.00. The molecule has 0 radical (unpaired) electrons. The first-order chi connectivity index (χ1) is 26.4. The standard InChI is InChI=1S/C36H42ClN7O10S2/c1-5-6-7-10-42(12-17-13-43(18-8-9-18)21-11-22(45)29(47)24(37)23(21)28(17)46)14-19-16(2)56-32-26(31(49)44(32)27(19)33(50)51)40-30(48)25(20-15-55-35(38)39-20)41-54-36(3,4)34(52)53/h11,13,15-16,18,26,32,45,47H,5-10,12,14H2,1-4H3,(H2,38,39)(H,40,48)(H,50,51)(H,52,53)/b41-25-/t16-,26+,32+/m0/s1. The predicted octanol–water partition coefficient (Wildman–Crippen LogP) is 3.84. The third kappa shape index (κ3) is 7.89. The van der Waals surface area contributed by atoms with Gasteiger partial charge in [0.05, 0.1) is 15.9 Å². The van der Waals surface area contributed by atoms with Gasteiger partial charge in [-0.1, -0.05) is 36.5 Å². The van der Waals surface area contributed by atoms with E-state index in [-0.39, 0.29) is 46.1 Å². The van der Waals surface area contributed by atoms with E-state index in [9.17, 15) is 44.4 Å². The number of phenols is 2. The Hall–Kier alpha value is -4.85. The number of amides is 2. The van der Waals surface area contributed by atoms with E-state index in [0.717, 1.165) is 48.3 Å². The van der Waals surface area contributed by atoms with Gasteiger partial charge in [0.1, 0.15) is 22.8 Å². The number of thiazole rings is 1. The number of β-lactam (4-membered cyclic amide) rings is 1. The molecule has 0 unspecified atom stereocenters. The second kappa shape index (κ2) is 16.0. The van der Waals surface area contributed by atoms with Gasteiger partial charge in [-0.15, -0.1) is 23.1 Å². The van der Waals surface area contributed by atoms with Crippen molar-refractivity contribution in [3.63, 3.8) is 0 Å². The average Bonchev–Trinajstić information content (AvgIpc) is 3.90. The number of benzene rings is 1. The molecule has 4 heterocycles. The fourth-order valence-electron chi connectivity index (χ4n) is 6.60. The summed E-state index contributed by atoms with van der Waals surface area (Å²) in [5.74, 6) is -5.30. The number of rotatable bonds is 16. The van der Waals surface area contributed by atoms with E-state index < -0.39 is 68.7 Å². The lowest BCUT2D eigenvalue weighted by molar-refractivity contribution is -0.161. The highest BCUT2D eigenvalue weighted by Crippen LogP contribution is 2.45. The van der Waals surface area contributed by atoms with E-state index in [0.29, 0.717) is 23.2 Å². The first-order valence-electron chi connectivity index (χ1n) is 17.9. The van der Waals surface area contributed by atoms with Crippen molar-refractivity contribution < 1.29 is 44.4 Å². The normalized spacial score (nSPS) is 20.0. The van der Waals surface area contributed by atoms with Crippen LogP contribution in [-0.4, -0.2) is 105 Å². The van der Waals surface area contributed by atoms with Crippen molar-refractivity contribution in [2.75, 3.05) is 18.8 Å². The topological polar surface area (TPSA) is 250 Å². The number of phenolic OH excluding ortho intramolecular Hbond substituents is 2. The number of hydrogen-bond acceptors (Lipinski definition) is 14. The highest BCUT2D eigenvalue weighted by Gasteiger charge is 2.56. The average molecular weight is 832 g/mol. The van der Waals surface area contributed by atoms with Gasteiger partial charge in [0.25, 0.3) is 11.8 Å². The number of aliphatic carboxylic acids is 2. The van der Waals surface area contributed by atoms with Gasteiger partial charge in [-0.05, 0) is 52.2 Å². The SMILES string of the molecule is CCCCCN(CC1=C(C(=O)O)N2C(=O)[C@@H](NC(=O)/C(=N\OC(C)(C)C(=O)O)c3csc(N)n3)[C@H]2S[C@H]1C)Cc1cn(C2CC2)c2cc(O)c(O)c(Cl)c2c1=O. The summed E-state index contributed by atoms with van der Waals surface area (Å²) in [6, 6.07) is 0.242. The molecule has 2 aromatic heterocycles. The van der Waals surface area contributed by atoms with E-state index >= 15 is 0 Å². The van der Waals surface area contributed by atoms with Crippen LogP contribution in [0, 0.1) is 0 Å². The van der Waals surface area contributed by atoms with Gasteiger partial charge < -0.3 is 40.9 Å². The predicted molar refractivity (Wildman–Crippen MR) is 210 cm³/mol. The second-order valence-corrected chi connectivity index (χ2v) is 17.1. The van der Waals surface area contributed by atoms with Crippen molar-refractivity contribution in [1.29, 1.82) is 0 Å². The van der Waals surface area contributed by atoms with Crippen LogP contribution in [0.4, 0.5) is 5.13 Å². The fraction of sp³-hybridized carbons (Fsp3) is 0.472. The first kappa shape index (κ1) is 40.8. The lowest BCUT2D eigenvalue weighted by Gasteiger charge is -2.51. The quantitative estimate of drug-likeness (QED) is 0.0395. The maximum absolute atomic E-state index is 14.0. The van der Waals surface area contributed by atoms with Gasteiger partial charge in [0.2, 0.25) is 5.60 Å². The summed E-state index contributed by atoms with van der Waals surface area (Å²) >= 11 is 8.73. The summed E-state index contributed by atoms with van der Waals surface area (Å²) in [6.07, 6.45) is 5.99. The maximum Gasteiger partial charge on any atom is 0.352 e. The molecule has 2 fully saturated rings. The number of oxime groups is 1. The Bertz CT molecular complexity index is 2230. The molecule has 1 saturated carbocycles. The maximum atomic E-state index is 14.0. The molecule has 0 bridgehead atoms. The summed E-state index contributed by atoms with van der Waals surface area (Å²) in [5, 5.41) is 47.2. The number of carbonyl (C=O) groups excluding carboxylic acids is 2. The molecular weight excluding hydrogens is 790 g/mol. The van der Waals surface area contributed by atoms with Crippen LogP contribution in [0.15, 0.2) is 38.9 Å². The summed E-state index contributed by atoms with van der Waals surface area (Å²) in [7, 11) is 0. The summed E-state index contributed by atoms with van der Waals surface area (Å²) < 4.78 is 1.89. The van der Waals surface area contributed by atoms with Gasteiger partial charge in [0, 0.05) is 47.6 Å². The molecule has 3 aromatic rings. The molecule has 0 spiro atoms. The van der Waals surface area contributed by atoms with E-state index in [4.69, 9.17) is 22.2 Å². The van der Waals surface area contributed by atoms with Crippen LogP contribution in [0.25, 0.3) is 10.9 Å².